The van der Waals surface area contributed by atoms with Crippen molar-refractivity contribution in [3.63, 3.8) is 0 Å². The first-order chi connectivity index (χ1) is 25.6. The van der Waals surface area contributed by atoms with E-state index in [0.29, 0.717) is 0 Å². The first-order valence-corrected chi connectivity index (χ1v) is 28.3. The van der Waals surface area contributed by atoms with Crippen molar-refractivity contribution in [1.82, 2.24) is 0 Å². The van der Waals surface area contributed by atoms with Crippen LogP contribution in [-0.4, -0.2) is 48.1 Å². The van der Waals surface area contributed by atoms with Gasteiger partial charge in [0.2, 0.25) is 0 Å². The van der Waals surface area contributed by atoms with Crippen molar-refractivity contribution in [3.05, 3.63) is 140 Å². The van der Waals surface area contributed by atoms with E-state index in [9.17, 15) is 0 Å². The van der Waals surface area contributed by atoms with Gasteiger partial charge in [-0.2, -0.15) is 0 Å². The topological polar surface area (TPSA) is 36.9 Å². The molecule has 0 spiro atoms. The molecular weight excluding hydrogens is 733 g/mol. The molecule has 9 heteroatoms. The molecule has 4 aromatic rings. The molecule has 4 nitrogen and oxygen atoms in total. The largest absolute Gasteiger partial charge is 0.635 e. The Morgan fingerprint density at radius 3 is 0.811 bits per heavy atom. The van der Waals surface area contributed by atoms with Crippen molar-refractivity contribution in [2.45, 2.75) is 131 Å². The second-order valence-corrected chi connectivity index (χ2v) is 25.2. The van der Waals surface area contributed by atoms with Crippen molar-refractivity contribution in [3.8, 4) is 0 Å². The number of benzene rings is 4. The first kappa shape index (κ1) is 43.5. The molecule has 0 aliphatic rings. The Morgan fingerprint density at radius 2 is 0.585 bits per heavy atom. The maximum absolute atomic E-state index is 6.94. The minimum atomic E-state index is -3.15. The zero-order valence-corrected chi connectivity index (χ0v) is 41.0. The predicted octanol–water partition coefficient (Wildman–Crippen LogP) is 8.50. The maximum Gasteiger partial charge on any atom is 0.635 e. The van der Waals surface area contributed by atoms with Crippen LogP contribution in [0.3, 0.4) is 0 Å². The molecule has 0 aromatic heterocycles. The van der Waals surface area contributed by atoms with Crippen LogP contribution in [0.5, 0.6) is 0 Å². The van der Waals surface area contributed by atoms with E-state index >= 15 is 0 Å². The van der Waals surface area contributed by atoms with Crippen LogP contribution in [0.25, 0.3) is 0 Å². The van der Waals surface area contributed by atoms with Crippen LogP contribution < -0.4 is 0 Å². The van der Waals surface area contributed by atoms with Crippen LogP contribution in [0.4, 0.5) is 0 Å². The molecule has 0 saturated heterocycles. The molecule has 0 aliphatic heterocycles. The number of hydrogen-bond acceptors (Lipinski definition) is 4. The maximum atomic E-state index is 6.94. The third kappa shape index (κ3) is 14.1. The molecule has 4 aromatic carbocycles. The Bertz CT molecular complexity index is 1460. The van der Waals surface area contributed by atoms with Crippen LogP contribution in [0.15, 0.2) is 72.8 Å². The molecule has 0 unspecified atom stereocenters. The lowest BCUT2D eigenvalue weighted by atomic mass is 10.0. The highest BCUT2D eigenvalue weighted by Crippen LogP contribution is 2.21. The van der Waals surface area contributed by atoms with Gasteiger partial charge in [0.1, 0.15) is 0 Å². The Balaban J connectivity index is 1.39. The molecule has 53 heavy (non-hydrogen) atoms. The van der Waals surface area contributed by atoms with Gasteiger partial charge in [-0.05, 0) is 172 Å². The summed E-state index contributed by atoms with van der Waals surface area (Å²) in [6.07, 6.45) is 9.01. The molecule has 0 N–H and O–H groups in total. The molecule has 0 fully saturated rings. The molecule has 4 rings (SSSR count). The van der Waals surface area contributed by atoms with E-state index < -0.39 is 48.1 Å². The van der Waals surface area contributed by atoms with Gasteiger partial charge in [-0.1, -0.05) is 98.5 Å². The summed E-state index contributed by atoms with van der Waals surface area (Å²) < 4.78 is 27.7. The van der Waals surface area contributed by atoms with Crippen molar-refractivity contribution in [2.24, 2.45) is 0 Å². The fourth-order valence-corrected chi connectivity index (χ4v) is 21.7. The third-order valence-electron chi connectivity index (χ3n) is 11.3. The smallest absolute Gasteiger partial charge is 0.401 e. The summed E-state index contributed by atoms with van der Waals surface area (Å²) in [4.78, 5) is 0. The van der Waals surface area contributed by atoms with Crippen molar-refractivity contribution < 1.29 is 16.5 Å². The highest BCUT2D eigenvalue weighted by atomic mass is 28.5. The summed E-state index contributed by atoms with van der Waals surface area (Å²) in [7, 11) is -6.55. The summed E-state index contributed by atoms with van der Waals surface area (Å²) in [6, 6.07) is 31.3. The fraction of sp³-hybridized carbons (Fsp3) is 0.455. The molecular formula is C44H68O4Si5. The van der Waals surface area contributed by atoms with E-state index in [1.807, 2.05) is 0 Å². The Hall–Kier alpha value is -2.20. The average molecular weight is 801 g/mol. The molecule has 0 radical (unpaired) electrons. The van der Waals surface area contributed by atoms with Crippen molar-refractivity contribution in [2.75, 3.05) is 0 Å². The van der Waals surface area contributed by atoms with E-state index in [2.05, 4.69) is 128 Å². The Morgan fingerprint density at radius 1 is 0.358 bits per heavy atom. The standard InChI is InChI=1S/C44H68O4Si5/c1-33-17-9-21-41(37(33)5)25-13-29-49-45-53(46-50-30-14-26-42-22-10-18-34(2)38(42)6,47-51-31-15-27-43-23-11-19-35(3)39(43)7)48-52-32-16-28-44-24-12-20-36(4)40(44)8/h9-12,17-24H,13-16,25-32,49-52H2,1-8H3. The Labute approximate surface area is 333 Å². The van der Waals surface area contributed by atoms with Gasteiger partial charge in [0.15, 0.2) is 39.1 Å². The summed E-state index contributed by atoms with van der Waals surface area (Å²) >= 11 is 0. The SMILES string of the molecule is Cc1cccc(CCC[SiH2]O[Si](O[SiH2]CCCc2cccc(C)c2C)(O[SiH2]CCCc2cccc(C)c2C)O[SiH2]CCCc2cccc(C)c2C)c1C. The van der Waals surface area contributed by atoms with E-state index in [4.69, 9.17) is 16.5 Å². The molecule has 0 aliphatic carbocycles. The fourth-order valence-electron chi connectivity index (χ4n) is 7.04. The summed E-state index contributed by atoms with van der Waals surface area (Å²) in [5.74, 6) is 0. The van der Waals surface area contributed by atoms with Crippen LogP contribution in [-0.2, 0) is 42.1 Å². The first-order valence-electron chi connectivity index (χ1n) is 20.4. The lowest BCUT2D eigenvalue weighted by molar-refractivity contribution is 0.174. The van der Waals surface area contributed by atoms with Gasteiger partial charge >= 0.3 is 9.05 Å². The number of hydrogen-bond donors (Lipinski definition) is 0. The van der Waals surface area contributed by atoms with Gasteiger partial charge in [-0.3, -0.25) is 0 Å². The van der Waals surface area contributed by atoms with Gasteiger partial charge in [0.25, 0.3) is 0 Å². The van der Waals surface area contributed by atoms with Gasteiger partial charge in [-0.15, -0.1) is 0 Å². The highest BCUT2D eigenvalue weighted by Gasteiger charge is 2.43. The number of rotatable bonds is 24. The molecule has 0 atom stereocenters. The van der Waals surface area contributed by atoms with E-state index in [1.165, 1.54) is 66.8 Å². The second-order valence-electron chi connectivity index (χ2n) is 15.2. The average Bonchev–Trinajstić information content (AvgIpc) is 3.14. The normalized spacial score (nSPS) is 13.6. The van der Waals surface area contributed by atoms with E-state index in [-0.39, 0.29) is 0 Å². The third-order valence-corrected chi connectivity index (χ3v) is 23.4. The second kappa shape index (κ2) is 23.0. The van der Waals surface area contributed by atoms with E-state index in [0.717, 1.165) is 75.5 Å². The number of aryl methyl sites for hydroxylation is 8. The molecule has 0 heterocycles. The zero-order valence-electron chi connectivity index (χ0n) is 34.4. The minimum absolute atomic E-state index is 0.851. The monoisotopic (exact) mass is 800 g/mol. The summed E-state index contributed by atoms with van der Waals surface area (Å²) in [5.41, 5.74) is 17.1. The summed E-state index contributed by atoms with van der Waals surface area (Å²) in [6.45, 7) is 17.9. The highest BCUT2D eigenvalue weighted by molar-refractivity contribution is 6.72. The molecule has 0 saturated carbocycles. The van der Waals surface area contributed by atoms with Crippen LogP contribution >= 0.6 is 0 Å². The van der Waals surface area contributed by atoms with Gasteiger partial charge < -0.3 is 16.5 Å². The molecule has 0 bridgehead atoms. The zero-order chi connectivity index (χ0) is 38.1. The lowest BCUT2D eigenvalue weighted by Crippen LogP contribution is -2.52. The minimum Gasteiger partial charge on any atom is -0.401 e. The molecule has 0 amide bonds. The predicted molar refractivity (Wildman–Crippen MR) is 240 cm³/mol. The quantitative estimate of drug-likeness (QED) is 0.0527. The van der Waals surface area contributed by atoms with Crippen LogP contribution in [0, 0.1) is 55.4 Å². The van der Waals surface area contributed by atoms with Crippen LogP contribution in [0.1, 0.15) is 92.4 Å². The lowest BCUT2D eigenvalue weighted by Gasteiger charge is -2.30. The molecule has 288 valence electrons. The van der Waals surface area contributed by atoms with Gasteiger partial charge in [0, 0.05) is 0 Å². The van der Waals surface area contributed by atoms with E-state index in [1.54, 1.807) is 0 Å². The summed E-state index contributed by atoms with van der Waals surface area (Å²) in [5, 5.41) is 0. The van der Waals surface area contributed by atoms with Crippen LogP contribution in [0.2, 0.25) is 24.2 Å². The van der Waals surface area contributed by atoms with Crippen molar-refractivity contribution in [1.29, 1.82) is 0 Å². The van der Waals surface area contributed by atoms with Crippen molar-refractivity contribution >= 4 is 48.1 Å². The Kier molecular flexibility index (Phi) is 18.9. The van der Waals surface area contributed by atoms with Gasteiger partial charge in [-0.25, -0.2) is 0 Å². The van der Waals surface area contributed by atoms with Gasteiger partial charge in [0.05, 0.1) is 0 Å².